The van der Waals surface area contributed by atoms with Crippen LogP contribution < -0.4 is 10.0 Å². The van der Waals surface area contributed by atoms with Gasteiger partial charge in [-0.25, -0.2) is 8.42 Å². The van der Waals surface area contributed by atoms with Crippen molar-refractivity contribution in [2.45, 2.75) is 45.1 Å². The highest BCUT2D eigenvalue weighted by atomic mass is 35.5. The fraction of sp³-hybridized carbons (Fsp3) is 0.500. The molecule has 0 saturated carbocycles. The first-order chi connectivity index (χ1) is 10.1. The lowest BCUT2D eigenvalue weighted by atomic mass is 10.2. The van der Waals surface area contributed by atoms with Crippen molar-refractivity contribution in [3.05, 3.63) is 27.2 Å². The SMILES string of the molecule is CCCNC(=O)[C@@H](C)NS(=O)(=O)c1c(C)c(Cl)cc(C)c1Cl. The molecule has 0 aromatic heterocycles. The molecule has 0 aliphatic heterocycles. The monoisotopic (exact) mass is 366 g/mol. The van der Waals surface area contributed by atoms with Crippen molar-refractivity contribution < 1.29 is 13.2 Å². The molecule has 1 rings (SSSR count). The lowest BCUT2D eigenvalue weighted by Crippen LogP contribution is -2.45. The van der Waals surface area contributed by atoms with Crippen LogP contribution in [0.4, 0.5) is 0 Å². The van der Waals surface area contributed by atoms with E-state index >= 15 is 0 Å². The van der Waals surface area contributed by atoms with Gasteiger partial charge in [0.1, 0.15) is 4.90 Å². The molecule has 2 N–H and O–H groups in total. The average molecular weight is 367 g/mol. The molecule has 1 atom stereocenters. The maximum Gasteiger partial charge on any atom is 0.243 e. The van der Waals surface area contributed by atoms with Crippen LogP contribution in [0.25, 0.3) is 0 Å². The number of amides is 1. The minimum absolute atomic E-state index is 0.0886. The molecule has 8 heteroatoms. The van der Waals surface area contributed by atoms with Gasteiger partial charge in [-0.3, -0.25) is 4.79 Å². The Bertz CT molecular complexity index is 649. The molecular weight excluding hydrogens is 347 g/mol. The first-order valence-corrected chi connectivity index (χ1v) is 9.11. The van der Waals surface area contributed by atoms with Crippen LogP contribution >= 0.6 is 23.2 Å². The van der Waals surface area contributed by atoms with Crippen LogP contribution in [0.5, 0.6) is 0 Å². The van der Waals surface area contributed by atoms with E-state index in [1.165, 1.54) is 6.92 Å². The predicted octanol–water partition coefficient (Wildman–Crippen LogP) is 2.80. The van der Waals surface area contributed by atoms with Gasteiger partial charge >= 0.3 is 0 Å². The van der Waals surface area contributed by atoms with Gasteiger partial charge in [0.2, 0.25) is 15.9 Å². The molecule has 0 saturated heterocycles. The van der Waals surface area contributed by atoms with E-state index in [4.69, 9.17) is 23.2 Å². The lowest BCUT2D eigenvalue weighted by Gasteiger charge is -2.17. The Morgan fingerprint density at radius 2 is 1.91 bits per heavy atom. The van der Waals surface area contributed by atoms with Crippen molar-refractivity contribution in [3.8, 4) is 0 Å². The van der Waals surface area contributed by atoms with Crippen LogP contribution in [0.15, 0.2) is 11.0 Å². The summed E-state index contributed by atoms with van der Waals surface area (Å²) in [6.45, 7) is 7.12. The number of halogens is 2. The fourth-order valence-corrected chi connectivity index (χ4v) is 4.30. The van der Waals surface area contributed by atoms with Crippen molar-refractivity contribution >= 4 is 39.1 Å². The van der Waals surface area contributed by atoms with E-state index in [2.05, 4.69) is 10.0 Å². The van der Waals surface area contributed by atoms with Crippen LogP contribution in [-0.4, -0.2) is 26.9 Å². The number of rotatable bonds is 6. The third kappa shape index (κ3) is 4.35. The molecule has 0 aliphatic carbocycles. The zero-order valence-electron chi connectivity index (χ0n) is 13.0. The molecule has 124 valence electrons. The second-order valence-electron chi connectivity index (χ2n) is 5.08. The van der Waals surface area contributed by atoms with Gasteiger partial charge in [-0.1, -0.05) is 30.1 Å². The van der Waals surface area contributed by atoms with E-state index in [9.17, 15) is 13.2 Å². The predicted molar refractivity (Wildman–Crippen MR) is 89.0 cm³/mol. The maximum atomic E-state index is 12.5. The van der Waals surface area contributed by atoms with E-state index in [-0.39, 0.29) is 9.92 Å². The Morgan fingerprint density at radius 3 is 2.45 bits per heavy atom. The average Bonchev–Trinajstić information content (AvgIpc) is 2.41. The van der Waals surface area contributed by atoms with E-state index in [0.29, 0.717) is 22.7 Å². The molecule has 0 radical (unpaired) electrons. The number of hydrogen-bond donors (Lipinski definition) is 2. The summed E-state index contributed by atoms with van der Waals surface area (Å²) in [7, 11) is -3.96. The molecule has 1 amide bonds. The van der Waals surface area contributed by atoms with Crippen LogP contribution in [0.3, 0.4) is 0 Å². The molecule has 1 aromatic rings. The van der Waals surface area contributed by atoms with Gasteiger partial charge in [0.05, 0.1) is 11.1 Å². The van der Waals surface area contributed by atoms with E-state index in [1.807, 2.05) is 6.92 Å². The number of nitrogens with one attached hydrogen (secondary N) is 2. The van der Waals surface area contributed by atoms with Crippen molar-refractivity contribution in [2.24, 2.45) is 0 Å². The second-order valence-corrected chi connectivity index (χ2v) is 7.51. The molecule has 0 unspecified atom stereocenters. The van der Waals surface area contributed by atoms with Crippen molar-refractivity contribution in [3.63, 3.8) is 0 Å². The van der Waals surface area contributed by atoms with Gasteiger partial charge in [-0.15, -0.1) is 0 Å². The van der Waals surface area contributed by atoms with Crippen molar-refractivity contribution in [2.75, 3.05) is 6.54 Å². The van der Waals surface area contributed by atoms with Gasteiger partial charge in [-0.2, -0.15) is 4.72 Å². The first-order valence-electron chi connectivity index (χ1n) is 6.87. The van der Waals surface area contributed by atoms with Gasteiger partial charge in [0.15, 0.2) is 0 Å². The molecule has 0 heterocycles. The number of sulfonamides is 1. The van der Waals surface area contributed by atoms with Gasteiger partial charge in [0.25, 0.3) is 0 Å². The maximum absolute atomic E-state index is 12.5. The summed E-state index contributed by atoms with van der Waals surface area (Å²) in [5.41, 5.74) is 0.909. The Kier molecular flexibility index (Phi) is 6.67. The van der Waals surface area contributed by atoms with Crippen LogP contribution in [0.1, 0.15) is 31.4 Å². The normalized spacial score (nSPS) is 13.0. The van der Waals surface area contributed by atoms with E-state index in [0.717, 1.165) is 6.42 Å². The Balaban J connectivity index is 3.13. The largest absolute Gasteiger partial charge is 0.355 e. The number of carbonyl (C=O) groups excluding carboxylic acids is 1. The Labute approximate surface area is 141 Å². The van der Waals surface area contributed by atoms with E-state index in [1.54, 1.807) is 19.9 Å². The standard InChI is InChI=1S/C14H20Cl2N2O3S/c1-5-6-17-14(19)10(4)18-22(20,21)13-9(3)11(15)7-8(2)12(13)16/h7,10,18H,5-6H2,1-4H3,(H,17,19)/t10-/m1/s1. The fourth-order valence-electron chi connectivity index (χ4n) is 1.88. The second kappa shape index (κ2) is 7.64. The van der Waals surface area contributed by atoms with Crippen molar-refractivity contribution in [1.82, 2.24) is 10.0 Å². The topological polar surface area (TPSA) is 75.3 Å². The van der Waals surface area contributed by atoms with Crippen LogP contribution in [0.2, 0.25) is 10.0 Å². The summed E-state index contributed by atoms with van der Waals surface area (Å²) in [6.07, 6.45) is 0.767. The highest BCUT2D eigenvalue weighted by Crippen LogP contribution is 2.33. The molecule has 0 fully saturated rings. The molecule has 0 bridgehead atoms. The van der Waals surface area contributed by atoms with Gasteiger partial charge in [-0.05, 0) is 44.4 Å². The van der Waals surface area contributed by atoms with E-state index < -0.39 is 22.0 Å². The summed E-state index contributed by atoms with van der Waals surface area (Å²) in [5, 5.41) is 3.05. The summed E-state index contributed by atoms with van der Waals surface area (Å²) in [4.78, 5) is 11.7. The number of hydrogen-bond acceptors (Lipinski definition) is 3. The summed E-state index contributed by atoms with van der Waals surface area (Å²) in [6, 6.07) is 0.696. The van der Waals surface area contributed by atoms with Crippen molar-refractivity contribution in [1.29, 1.82) is 0 Å². The summed E-state index contributed by atoms with van der Waals surface area (Å²) < 4.78 is 27.4. The smallest absolute Gasteiger partial charge is 0.243 e. The quantitative estimate of drug-likeness (QED) is 0.812. The number of carbonyl (C=O) groups is 1. The zero-order chi connectivity index (χ0) is 17.1. The summed E-state index contributed by atoms with van der Waals surface area (Å²) >= 11 is 12.2. The molecule has 0 aliphatic rings. The van der Waals surface area contributed by atoms with Gasteiger partial charge < -0.3 is 5.32 Å². The van der Waals surface area contributed by atoms with Crippen LogP contribution in [-0.2, 0) is 14.8 Å². The molecular formula is C14H20Cl2N2O3S. The zero-order valence-corrected chi connectivity index (χ0v) is 15.3. The minimum atomic E-state index is -3.96. The highest BCUT2D eigenvalue weighted by molar-refractivity contribution is 7.89. The molecule has 5 nitrogen and oxygen atoms in total. The van der Waals surface area contributed by atoms with Gasteiger partial charge in [0, 0.05) is 11.6 Å². The lowest BCUT2D eigenvalue weighted by molar-refractivity contribution is -0.122. The molecule has 22 heavy (non-hydrogen) atoms. The van der Waals surface area contributed by atoms with Crippen LogP contribution in [0, 0.1) is 13.8 Å². The minimum Gasteiger partial charge on any atom is -0.355 e. The molecule has 1 aromatic carbocycles. The third-order valence-corrected chi connectivity index (χ3v) is 5.83. The number of aryl methyl sites for hydroxylation is 1. The first kappa shape index (κ1) is 19.2. The molecule has 0 spiro atoms. The number of benzene rings is 1. The third-order valence-electron chi connectivity index (χ3n) is 3.13. The Morgan fingerprint density at radius 1 is 1.32 bits per heavy atom. The highest BCUT2D eigenvalue weighted by Gasteiger charge is 2.27. The Hall–Kier alpha value is -0.820. The summed E-state index contributed by atoms with van der Waals surface area (Å²) in [5.74, 6) is -0.391.